The fourth-order valence-electron chi connectivity index (χ4n) is 2.87. The molecule has 0 saturated heterocycles. The van der Waals surface area contributed by atoms with Gasteiger partial charge in [0.15, 0.2) is 17.7 Å². The Hall–Kier alpha value is -3.12. The molecule has 0 radical (unpaired) electrons. The third-order valence-corrected chi connectivity index (χ3v) is 4.12. The number of para-hydroxylation sites is 1. The van der Waals surface area contributed by atoms with E-state index in [1.165, 1.54) is 6.39 Å². The second-order valence-corrected chi connectivity index (χ2v) is 5.70. The molecule has 0 aliphatic rings. The van der Waals surface area contributed by atoms with Crippen LogP contribution in [0.5, 0.6) is 0 Å². The summed E-state index contributed by atoms with van der Waals surface area (Å²) in [6.45, 7) is 0.641. The molecule has 0 spiro atoms. The van der Waals surface area contributed by atoms with Crippen LogP contribution in [0.4, 0.5) is 5.69 Å². The Labute approximate surface area is 144 Å². The SMILES string of the molecule is OCc1cc(NCCc2noc3ccccc23)ccc1-c1cnco1. The van der Waals surface area contributed by atoms with Gasteiger partial charge in [0.25, 0.3) is 0 Å². The van der Waals surface area contributed by atoms with Crippen molar-refractivity contribution in [3.8, 4) is 11.3 Å². The number of rotatable bonds is 6. The van der Waals surface area contributed by atoms with E-state index in [4.69, 9.17) is 8.94 Å². The Morgan fingerprint density at radius 1 is 1.12 bits per heavy atom. The van der Waals surface area contributed by atoms with E-state index in [0.29, 0.717) is 12.3 Å². The molecule has 0 bridgehead atoms. The molecule has 2 aromatic heterocycles. The zero-order valence-electron chi connectivity index (χ0n) is 13.5. The van der Waals surface area contributed by atoms with E-state index in [1.54, 1.807) is 6.20 Å². The van der Waals surface area contributed by atoms with Gasteiger partial charge in [-0.3, -0.25) is 0 Å². The number of hydrogen-bond donors (Lipinski definition) is 2. The third kappa shape index (κ3) is 3.12. The quantitative estimate of drug-likeness (QED) is 0.560. The number of oxazole rings is 1. The number of aliphatic hydroxyl groups excluding tert-OH is 1. The molecule has 4 rings (SSSR count). The number of nitrogens with zero attached hydrogens (tertiary/aromatic N) is 2. The highest BCUT2D eigenvalue weighted by Gasteiger charge is 2.10. The summed E-state index contributed by atoms with van der Waals surface area (Å²) in [5, 5.41) is 18.2. The summed E-state index contributed by atoms with van der Waals surface area (Å²) in [5.74, 6) is 0.643. The number of aromatic nitrogens is 2. The molecule has 0 fully saturated rings. The number of hydrogen-bond acceptors (Lipinski definition) is 6. The summed E-state index contributed by atoms with van der Waals surface area (Å²) in [4.78, 5) is 3.92. The lowest BCUT2D eigenvalue weighted by atomic mass is 10.1. The van der Waals surface area contributed by atoms with Crippen LogP contribution in [0.1, 0.15) is 11.3 Å². The molecular weight excluding hydrogens is 318 g/mol. The first-order chi connectivity index (χ1) is 12.3. The van der Waals surface area contributed by atoms with Gasteiger partial charge in [0, 0.05) is 29.6 Å². The Balaban J connectivity index is 1.46. The van der Waals surface area contributed by atoms with Crippen molar-refractivity contribution in [3.05, 3.63) is 66.3 Å². The van der Waals surface area contributed by atoms with Crippen molar-refractivity contribution in [2.24, 2.45) is 0 Å². The lowest BCUT2D eigenvalue weighted by Gasteiger charge is -2.10. The maximum atomic E-state index is 9.62. The lowest BCUT2D eigenvalue weighted by Crippen LogP contribution is -2.06. The molecule has 6 nitrogen and oxygen atoms in total. The molecule has 4 aromatic rings. The molecule has 25 heavy (non-hydrogen) atoms. The van der Waals surface area contributed by atoms with Crippen molar-refractivity contribution in [3.63, 3.8) is 0 Å². The zero-order valence-corrected chi connectivity index (χ0v) is 13.5. The number of fused-ring (bicyclic) bond motifs is 1. The van der Waals surface area contributed by atoms with Crippen LogP contribution in [0.2, 0.25) is 0 Å². The van der Waals surface area contributed by atoms with Gasteiger partial charge in [-0.1, -0.05) is 17.3 Å². The van der Waals surface area contributed by atoms with Crippen molar-refractivity contribution in [2.75, 3.05) is 11.9 Å². The first-order valence-electron chi connectivity index (χ1n) is 8.05. The van der Waals surface area contributed by atoms with E-state index >= 15 is 0 Å². The van der Waals surface area contributed by atoms with Crippen molar-refractivity contribution >= 4 is 16.7 Å². The molecule has 126 valence electrons. The van der Waals surface area contributed by atoms with Gasteiger partial charge in [0.05, 0.1) is 18.5 Å². The lowest BCUT2D eigenvalue weighted by molar-refractivity contribution is 0.282. The van der Waals surface area contributed by atoms with E-state index in [-0.39, 0.29) is 6.61 Å². The highest BCUT2D eigenvalue weighted by atomic mass is 16.5. The fraction of sp³-hybridized carbons (Fsp3) is 0.158. The average molecular weight is 335 g/mol. The second-order valence-electron chi connectivity index (χ2n) is 5.70. The minimum Gasteiger partial charge on any atom is -0.444 e. The number of anilines is 1. The van der Waals surface area contributed by atoms with Crippen LogP contribution in [0.25, 0.3) is 22.3 Å². The van der Waals surface area contributed by atoms with Crippen LogP contribution in [-0.2, 0) is 13.0 Å². The Morgan fingerprint density at radius 2 is 2.04 bits per heavy atom. The molecule has 0 amide bonds. The van der Waals surface area contributed by atoms with E-state index in [1.807, 2.05) is 42.5 Å². The summed E-state index contributed by atoms with van der Waals surface area (Å²) in [6, 6.07) is 13.6. The summed E-state index contributed by atoms with van der Waals surface area (Å²) < 4.78 is 10.6. The maximum Gasteiger partial charge on any atom is 0.181 e. The third-order valence-electron chi connectivity index (χ3n) is 4.12. The molecule has 0 saturated carbocycles. The average Bonchev–Trinajstić information content (AvgIpc) is 3.32. The summed E-state index contributed by atoms with van der Waals surface area (Å²) in [5.41, 5.74) is 4.29. The van der Waals surface area contributed by atoms with Crippen LogP contribution in [0, 0.1) is 0 Å². The first kappa shape index (κ1) is 15.4. The van der Waals surface area contributed by atoms with Gasteiger partial charge in [-0.05, 0) is 35.9 Å². The van der Waals surface area contributed by atoms with Crippen LogP contribution in [-0.4, -0.2) is 21.8 Å². The van der Waals surface area contributed by atoms with Gasteiger partial charge in [-0.25, -0.2) is 4.98 Å². The molecule has 2 N–H and O–H groups in total. The number of nitrogens with one attached hydrogen (secondary N) is 1. The largest absolute Gasteiger partial charge is 0.444 e. The van der Waals surface area contributed by atoms with Gasteiger partial charge in [0.2, 0.25) is 0 Å². The summed E-state index contributed by atoms with van der Waals surface area (Å²) in [7, 11) is 0. The van der Waals surface area contributed by atoms with Crippen molar-refractivity contribution < 1.29 is 14.0 Å². The normalized spacial score (nSPS) is 11.1. The molecule has 6 heteroatoms. The van der Waals surface area contributed by atoms with Gasteiger partial charge in [0.1, 0.15) is 0 Å². The fourth-order valence-corrected chi connectivity index (χ4v) is 2.87. The van der Waals surface area contributed by atoms with Gasteiger partial charge in [-0.15, -0.1) is 0 Å². The predicted octanol–water partition coefficient (Wildman–Crippen LogP) is 3.63. The number of benzene rings is 2. The van der Waals surface area contributed by atoms with Crippen LogP contribution in [0.15, 0.2) is 64.0 Å². The van der Waals surface area contributed by atoms with Gasteiger partial charge in [-0.2, -0.15) is 0 Å². The predicted molar refractivity (Wildman–Crippen MR) is 94.1 cm³/mol. The Kier molecular flexibility index (Phi) is 4.18. The molecule has 2 aromatic carbocycles. The molecule has 0 unspecified atom stereocenters. The second kappa shape index (κ2) is 6.78. The number of aliphatic hydroxyl groups is 1. The molecular formula is C19H17N3O3. The van der Waals surface area contributed by atoms with E-state index in [9.17, 15) is 5.11 Å². The molecule has 0 aliphatic heterocycles. The van der Waals surface area contributed by atoms with Crippen molar-refractivity contribution in [2.45, 2.75) is 13.0 Å². The van der Waals surface area contributed by atoms with Gasteiger partial charge < -0.3 is 19.4 Å². The van der Waals surface area contributed by atoms with Crippen LogP contribution >= 0.6 is 0 Å². The van der Waals surface area contributed by atoms with Crippen molar-refractivity contribution in [1.29, 1.82) is 0 Å². The monoisotopic (exact) mass is 335 g/mol. The first-order valence-corrected chi connectivity index (χ1v) is 8.05. The van der Waals surface area contributed by atoms with Crippen LogP contribution < -0.4 is 5.32 Å². The van der Waals surface area contributed by atoms with E-state index in [2.05, 4.69) is 15.5 Å². The minimum atomic E-state index is -0.0700. The summed E-state index contributed by atoms with van der Waals surface area (Å²) in [6.07, 6.45) is 3.76. The van der Waals surface area contributed by atoms with E-state index in [0.717, 1.165) is 39.9 Å². The van der Waals surface area contributed by atoms with E-state index < -0.39 is 0 Å². The Bertz CT molecular complexity index is 977. The standard InChI is InChI=1S/C19H17N3O3/c23-11-13-9-14(5-6-15(13)19-10-20-12-24-19)21-8-7-17-16-3-1-2-4-18(16)25-22-17/h1-6,9-10,12,21,23H,7-8,11H2. The van der Waals surface area contributed by atoms with Gasteiger partial charge >= 0.3 is 0 Å². The smallest absolute Gasteiger partial charge is 0.181 e. The topological polar surface area (TPSA) is 84.3 Å². The van der Waals surface area contributed by atoms with Crippen molar-refractivity contribution in [1.82, 2.24) is 10.1 Å². The zero-order chi connectivity index (χ0) is 17.1. The molecule has 0 aliphatic carbocycles. The van der Waals surface area contributed by atoms with Crippen LogP contribution in [0.3, 0.4) is 0 Å². The molecule has 0 atom stereocenters. The Morgan fingerprint density at radius 3 is 2.88 bits per heavy atom. The summed E-state index contributed by atoms with van der Waals surface area (Å²) >= 11 is 0. The maximum absolute atomic E-state index is 9.62. The highest BCUT2D eigenvalue weighted by molar-refractivity contribution is 5.79. The minimum absolute atomic E-state index is 0.0700. The molecule has 2 heterocycles. The highest BCUT2D eigenvalue weighted by Crippen LogP contribution is 2.26.